The number of carbonyl (C=O) groups is 1. The summed E-state index contributed by atoms with van der Waals surface area (Å²) in [5, 5.41) is 12.4. The van der Waals surface area contributed by atoms with E-state index in [1.165, 1.54) is 23.9 Å². The Morgan fingerprint density at radius 3 is 2.50 bits per heavy atom. The number of amides is 1. The van der Waals surface area contributed by atoms with Crippen molar-refractivity contribution in [1.29, 1.82) is 0 Å². The lowest BCUT2D eigenvalue weighted by atomic mass is 10.2. The summed E-state index contributed by atoms with van der Waals surface area (Å²) in [4.78, 5) is 12.4. The molecule has 0 atom stereocenters. The zero-order chi connectivity index (χ0) is 22.7. The van der Waals surface area contributed by atoms with Crippen molar-refractivity contribution in [2.75, 3.05) is 11.1 Å². The molecular formula is C23H17BrClFN4OS. The van der Waals surface area contributed by atoms with Crippen molar-refractivity contribution in [3.05, 3.63) is 87.6 Å². The van der Waals surface area contributed by atoms with E-state index in [0.29, 0.717) is 20.5 Å². The lowest BCUT2D eigenvalue weighted by Gasteiger charge is -2.11. The first kappa shape index (κ1) is 22.5. The molecule has 1 heterocycles. The fourth-order valence-electron chi connectivity index (χ4n) is 2.98. The average molecular weight is 532 g/mol. The summed E-state index contributed by atoms with van der Waals surface area (Å²) < 4.78 is 16.5. The number of carbonyl (C=O) groups excluding carboxylic acids is 1. The summed E-state index contributed by atoms with van der Waals surface area (Å²) >= 11 is 10.5. The third-order valence-electron chi connectivity index (χ3n) is 4.57. The molecule has 0 saturated carbocycles. The smallest absolute Gasteiger partial charge is 0.234 e. The van der Waals surface area contributed by atoms with E-state index in [2.05, 4.69) is 31.4 Å². The summed E-state index contributed by atoms with van der Waals surface area (Å²) in [6.07, 6.45) is 0. The van der Waals surface area contributed by atoms with Crippen molar-refractivity contribution >= 4 is 50.9 Å². The van der Waals surface area contributed by atoms with E-state index in [4.69, 9.17) is 11.6 Å². The van der Waals surface area contributed by atoms with Gasteiger partial charge in [0, 0.05) is 20.7 Å². The van der Waals surface area contributed by atoms with Crippen LogP contribution in [0, 0.1) is 12.7 Å². The molecule has 32 heavy (non-hydrogen) atoms. The average Bonchev–Trinajstić information content (AvgIpc) is 3.19. The summed E-state index contributed by atoms with van der Waals surface area (Å²) in [7, 11) is 0. The Balaban J connectivity index is 1.60. The molecule has 9 heteroatoms. The van der Waals surface area contributed by atoms with Crippen LogP contribution in [0.4, 0.5) is 10.1 Å². The van der Waals surface area contributed by atoms with Crippen molar-refractivity contribution in [1.82, 2.24) is 14.8 Å². The first-order valence-electron chi connectivity index (χ1n) is 9.57. The van der Waals surface area contributed by atoms with Gasteiger partial charge in [0.25, 0.3) is 0 Å². The number of hydrogen-bond donors (Lipinski definition) is 1. The molecule has 1 amide bonds. The summed E-state index contributed by atoms with van der Waals surface area (Å²) in [6.45, 7) is 2.01. The van der Waals surface area contributed by atoms with Crippen LogP contribution in [0.2, 0.25) is 5.02 Å². The molecular weight excluding hydrogens is 515 g/mol. The van der Waals surface area contributed by atoms with Gasteiger partial charge in [0.05, 0.1) is 11.4 Å². The molecule has 5 nitrogen and oxygen atoms in total. The van der Waals surface area contributed by atoms with E-state index in [0.717, 1.165) is 16.8 Å². The number of hydrogen-bond acceptors (Lipinski definition) is 4. The van der Waals surface area contributed by atoms with Crippen LogP contribution >= 0.6 is 39.3 Å². The van der Waals surface area contributed by atoms with Gasteiger partial charge in [0.1, 0.15) is 5.82 Å². The lowest BCUT2D eigenvalue weighted by Crippen LogP contribution is -2.15. The first-order valence-corrected chi connectivity index (χ1v) is 11.7. The quantitative estimate of drug-likeness (QED) is 0.287. The van der Waals surface area contributed by atoms with Gasteiger partial charge in [-0.2, -0.15) is 0 Å². The number of nitrogens with zero attached hydrogens (tertiary/aromatic N) is 3. The molecule has 0 aliphatic rings. The minimum absolute atomic E-state index is 0.0418. The van der Waals surface area contributed by atoms with Crippen LogP contribution in [0.5, 0.6) is 0 Å². The third-order valence-corrected chi connectivity index (χ3v) is 6.24. The number of thioether (sulfide) groups is 1. The Labute approximate surface area is 202 Å². The van der Waals surface area contributed by atoms with Crippen molar-refractivity contribution < 1.29 is 9.18 Å². The van der Waals surface area contributed by atoms with Crippen molar-refractivity contribution in [2.45, 2.75) is 12.1 Å². The van der Waals surface area contributed by atoms with Crippen molar-refractivity contribution in [3.8, 4) is 17.1 Å². The SMILES string of the molecule is Cc1ccc(-n2c(SCC(=O)Nc3ccc(Br)cc3F)nnc2-c2ccc(Cl)cc2)cc1. The molecule has 162 valence electrons. The second-order valence-electron chi connectivity index (χ2n) is 6.95. The van der Waals surface area contributed by atoms with E-state index in [1.807, 2.05) is 47.9 Å². The number of halogens is 3. The molecule has 0 unspecified atom stereocenters. The second-order valence-corrected chi connectivity index (χ2v) is 9.24. The van der Waals surface area contributed by atoms with Gasteiger partial charge in [0.15, 0.2) is 11.0 Å². The Morgan fingerprint density at radius 1 is 1.09 bits per heavy atom. The molecule has 0 spiro atoms. The standard InChI is InChI=1S/C23H17BrClFN4OS/c1-14-2-9-18(10-3-14)30-22(15-4-7-17(25)8-5-15)28-29-23(30)32-13-21(31)27-20-11-6-16(24)12-19(20)26/h2-12H,13H2,1H3,(H,27,31). The highest BCUT2D eigenvalue weighted by Crippen LogP contribution is 2.29. The lowest BCUT2D eigenvalue weighted by molar-refractivity contribution is -0.113. The minimum atomic E-state index is -0.509. The molecule has 0 fully saturated rings. The monoisotopic (exact) mass is 530 g/mol. The van der Waals surface area contributed by atoms with Crippen LogP contribution in [0.25, 0.3) is 17.1 Å². The van der Waals surface area contributed by atoms with Crippen LogP contribution in [0.1, 0.15) is 5.56 Å². The maximum atomic E-state index is 14.0. The van der Waals surface area contributed by atoms with Crippen LogP contribution in [0.15, 0.2) is 76.4 Å². The van der Waals surface area contributed by atoms with E-state index in [9.17, 15) is 9.18 Å². The summed E-state index contributed by atoms with van der Waals surface area (Å²) in [5.74, 6) is -0.180. The Bertz CT molecular complexity index is 1260. The van der Waals surface area contributed by atoms with E-state index < -0.39 is 5.82 Å². The summed E-state index contributed by atoms with van der Waals surface area (Å²) in [5.41, 5.74) is 2.96. The molecule has 0 saturated heterocycles. The molecule has 4 rings (SSSR count). The molecule has 0 aliphatic carbocycles. The molecule has 1 N–H and O–H groups in total. The number of rotatable bonds is 6. The highest BCUT2D eigenvalue weighted by Gasteiger charge is 2.18. The third kappa shape index (κ3) is 5.20. The Hall–Kier alpha value is -2.68. The van der Waals surface area contributed by atoms with Crippen LogP contribution in [-0.2, 0) is 4.79 Å². The molecule has 0 aliphatic heterocycles. The fraction of sp³-hybridized carbons (Fsp3) is 0.0870. The zero-order valence-corrected chi connectivity index (χ0v) is 20.0. The predicted octanol–water partition coefficient (Wildman–Crippen LogP) is 6.53. The Kier molecular flexibility index (Phi) is 6.93. The van der Waals surface area contributed by atoms with E-state index in [1.54, 1.807) is 18.2 Å². The topological polar surface area (TPSA) is 59.8 Å². The maximum absolute atomic E-state index is 14.0. The molecule has 4 aromatic rings. The predicted molar refractivity (Wildman–Crippen MR) is 130 cm³/mol. The Morgan fingerprint density at radius 2 is 1.81 bits per heavy atom. The van der Waals surface area contributed by atoms with E-state index >= 15 is 0 Å². The van der Waals surface area contributed by atoms with Gasteiger partial charge in [-0.25, -0.2) is 4.39 Å². The van der Waals surface area contributed by atoms with Gasteiger partial charge in [-0.15, -0.1) is 10.2 Å². The van der Waals surface area contributed by atoms with Gasteiger partial charge in [-0.1, -0.05) is 57.0 Å². The number of nitrogens with one attached hydrogen (secondary N) is 1. The highest BCUT2D eigenvalue weighted by molar-refractivity contribution is 9.10. The molecule has 3 aromatic carbocycles. The maximum Gasteiger partial charge on any atom is 0.234 e. The van der Waals surface area contributed by atoms with Gasteiger partial charge in [0.2, 0.25) is 5.91 Å². The normalized spacial score (nSPS) is 10.9. The van der Waals surface area contributed by atoms with Crippen LogP contribution in [-0.4, -0.2) is 26.4 Å². The highest BCUT2D eigenvalue weighted by atomic mass is 79.9. The zero-order valence-electron chi connectivity index (χ0n) is 16.8. The van der Waals surface area contributed by atoms with Gasteiger partial charge < -0.3 is 5.32 Å². The first-order chi connectivity index (χ1) is 15.4. The van der Waals surface area contributed by atoms with Gasteiger partial charge >= 0.3 is 0 Å². The van der Waals surface area contributed by atoms with Gasteiger partial charge in [-0.3, -0.25) is 9.36 Å². The van der Waals surface area contributed by atoms with Crippen molar-refractivity contribution in [2.24, 2.45) is 0 Å². The molecule has 0 bridgehead atoms. The number of anilines is 1. The fourth-order valence-corrected chi connectivity index (χ4v) is 4.19. The second kappa shape index (κ2) is 9.85. The van der Waals surface area contributed by atoms with Crippen molar-refractivity contribution in [3.63, 3.8) is 0 Å². The number of aryl methyl sites for hydroxylation is 1. The molecule has 0 radical (unpaired) electrons. The van der Waals surface area contributed by atoms with Crippen LogP contribution < -0.4 is 5.32 Å². The number of aromatic nitrogens is 3. The molecule has 1 aromatic heterocycles. The largest absolute Gasteiger partial charge is 0.323 e. The minimum Gasteiger partial charge on any atom is -0.323 e. The summed E-state index contributed by atoms with van der Waals surface area (Å²) in [6, 6.07) is 19.7. The van der Waals surface area contributed by atoms with E-state index in [-0.39, 0.29) is 17.3 Å². The number of benzene rings is 3. The van der Waals surface area contributed by atoms with Crippen LogP contribution in [0.3, 0.4) is 0 Å². The van der Waals surface area contributed by atoms with Gasteiger partial charge in [-0.05, 0) is 61.5 Å².